The van der Waals surface area contributed by atoms with E-state index in [1.165, 1.54) is 16.2 Å². The molecule has 1 aromatic heterocycles. The lowest BCUT2D eigenvalue weighted by molar-refractivity contribution is -0.404. The van der Waals surface area contributed by atoms with Crippen molar-refractivity contribution < 1.29 is 14.5 Å². The van der Waals surface area contributed by atoms with Gasteiger partial charge in [-0.25, -0.2) is 19.8 Å². The largest absolute Gasteiger partial charge is 0.370 e. The van der Waals surface area contributed by atoms with E-state index < -0.39 is 17.1 Å². The molecule has 0 saturated carbocycles. The van der Waals surface area contributed by atoms with Crippen molar-refractivity contribution in [3.63, 3.8) is 0 Å². The number of benzodiazepines with no additional fused rings is 1. The van der Waals surface area contributed by atoms with E-state index in [1.54, 1.807) is 44.1 Å². The number of urea groups is 1. The minimum atomic E-state index is -1.16. The van der Waals surface area contributed by atoms with Crippen LogP contribution in [-0.4, -0.2) is 66.1 Å². The number of amides is 3. The topological polar surface area (TPSA) is 204 Å². The Labute approximate surface area is 302 Å². The number of aromatic nitrogens is 1. The Morgan fingerprint density at radius 3 is 2.69 bits per heavy atom. The fourth-order valence-corrected chi connectivity index (χ4v) is 6.55. The second kappa shape index (κ2) is 17.6. The van der Waals surface area contributed by atoms with Crippen molar-refractivity contribution in [1.82, 2.24) is 20.9 Å². The van der Waals surface area contributed by atoms with Gasteiger partial charge in [0.25, 0.3) is 12.1 Å². The molecule has 1 atom stereocenters. The highest BCUT2D eigenvalue weighted by Crippen LogP contribution is 2.27. The molecule has 7 N–H and O–H groups in total. The molecule has 0 saturated heterocycles. The van der Waals surface area contributed by atoms with Crippen LogP contribution in [0.5, 0.6) is 0 Å². The van der Waals surface area contributed by atoms with Crippen LogP contribution in [0.4, 0.5) is 21.3 Å². The number of thiazole rings is 1. The Morgan fingerprint density at radius 1 is 1.12 bits per heavy atom. The quantitative estimate of drug-likeness (QED) is 0.0360. The lowest BCUT2D eigenvalue weighted by Gasteiger charge is -2.21. The highest BCUT2D eigenvalue weighted by atomic mass is 32.2. The minimum absolute atomic E-state index is 0.185. The van der Waals surface area contributed by atoms with Gasteiger partial charge in [-0.1, -0.05) is 60.7 Å². The third-order valence-corrected chi connectivity index (χ3v) is 9.18. The monoisotopic (exact) mass is 727 g/mol. The predicted molar refractivity (Wildman–Crippen MR) is 204 cm³/mol. The maximum Gasteiger partial charge on any atom is 0.321 e. The van der Waals surface area contributed by atoms with Gasteiger partial charge >= 0.3 is 6.03 Å². The van der Waals surface area contributed by atoms with Crippen molar-refractivity contribution in [2.45, 2.75) is 18.5 Å². The van der Waals surface area contributed by atoms with Crippen molar-refractivity contribution in [2.24, 2.45) is 15.7 Å². The zero-order chi connectivity index (χ0) is 36.2. The zero-order valence-corrected chi connectivity index (χ0v) is 29.5. The second-order valence-electron chi connectivity index (χ2n) is 11.0. The Hall–Kier alpha value is -5.94. The molecule has 17 heteroatoms. The van der Waals surface area contributed by atoms with Crippen LogP contribution in [0.2, 0.25) is 0 Å². The number of nitro groups is 1. The maximum atomic E-state index is 13.5. The first-order valence-corrected chi connectivity index (χ1v) is 17.8. The van der Waals surface area contributed by atoms with Gasteiger partial charge in [-0.3, -0.25) is 14.9 Å². The summed E-state index contributed by atoms with van der Waals surface area (Å²) in [6.45, 7) is 0.796. The highest BCUT2D eigenvalue weighted by molar-refractivity contribution is 7.98. The van der Waals surface area contributed by atoms with Gasteiger partial charge in [-0.15, -0.1) is 11.3 Å². The molecule has 5 rings (SSSR count). The molecule has 51 heavy (non-hydrogen) atoms. The molecule has 0 radical (unpaired) electrons. The van der Waals surface area contributed by atoms with Crippen LogP contribution in [0.25, 0.3) is 0 Å². The van der Waals surface area contributed by atoms with E-state index in [0.29, 0.717) is 40.3 Å². The van der Waals surface area contributed by atoms with Gasteiger partial charge in [0.05, 0.1) is 28.6 Å². The summed E-state index contributed by atoms with van der Waals surface area (Å²) in [4.78, 5) is 51.9. The Kier molecular flexibility index (Phi) is 12.6. The molecule has 1 aliphatic heterocycles. The lowest BCUT2D eigenvalue weighted by atomic mass is 10.0. The normalized spacial score (nSPS) is 14.5. The smallest absolute Gasteiger partial charge is 0.321 e. The van der Waals surface area contributed by atoms with Crippen molar-refractivity contribution in [3.8, 4) is 0 Å². The fourth-order valence-electron chi connectivity index (χ4n) is 4.98. The van der Waals surface area contributed by atoms with Gasteiger partial charge in [0.1, 0.15) is 0 Å². The second-order valence-corrected chi connectivity index (χ2v) is 13.0. The number of nitrogens with zero attached hydrogens (tertiary/aromatic N) is 5. The first-order valence-electron chi connectivity index (χ1n) is 15.7. The number of carbonyl (C=O) groups is 2. The predicted octanol–water partition coefficient (Wildman–Crippen LogP) is 4.15. The number of nitrogens with one attached hydrogen (secondary N) is 5. The number of hydrogen-bond donors (Lipinski definition) is 6. The number of fused-ring (bicyclic) bond motifs is 1. The Bertz CT molecular complexity index is 1950. The Balaban J connectivity index is 1.14. The number of thioether (sulfide) groups is 1. The summed E-state index contributed by atoms with van der Waals surface area (Å²) in [5.41, 5.74) is 11.2. The van der Waals surface area contributed by atoms with Crippen molar-refractivity contribution >= 4 is 63.2 Å². The molecular formula is C34H37N11O4S2. The number of para-hydroxylation sites is 1. The average molecular weight is 728 g/mol. The standard InChI is InChI=1S/C34H37N11O4S2/c1-36-28(19-45(48)49)37-15-16-50-20-25-21-51-34(40-25)43-32(35)38-18-22-9-8-12-24(17-22)39-33(47)42-30-31(46)44(2)27-14-7-6-13-26(27)29(41-30)23-10-4-3-5-11-23/h3-14,17,19,21,30,36-37H,15-16,18,20H2,1-2H3,(H2,39,42,47)(H3,35,38,40,43)/b28-19+/t30-/m0/s1. The number of carbonyl (C=O) groups excluding carboxylic acids is 2. The van der Waals surface area contributed by atoms with Gasteiger partial charge in [-0.2, -0.15) is 11.8 Å². The van der Waals surface area contributed by atoms with Gasteiger partial charge in [-0.05, 0) is 23.8 Å². The van der Waals surface area contributed by atoms with Gasteiger partial charge in [0, 0.05) is 54.3 Å². The van der Waals surface area contributed by atoms with E-state index in [2.05, 4.69) is 36.6 Å². The molecule has 3 aromatic carbocycles. The van der Waals surface area contributed by atoms with E-state index in [-0.39, 0.29) is 18.4 Å². The van der Waals surface area contributed by atoms with E-state index in [1.807, 2.05) is 66.0 Å². The van der Waals surface area contributed by atoms with Gasteiger partial charge in [0.2, 0.25) is 6.17 Å². The number of benzene rings is 3. The first-order chi connectivity index (χ1) is 24.7. The first kappa shape index (κ1) is 36.3. The van der Waals surface area contributed by atoms with Crippen LogP contribution >= 0.6 is 23.1 Å². The van der Waals surface area contributed by atoms with Crippen molar-refractivity contribution in [1.29, 1.82) is 0 Å². The summed E-state index contributed by atoms with van der Waals surface area (Å²) in [5.74, 6) is 1.55. The highest BCUT2D eigenvalue weighted by Gasteiger charge is 2.31. The van der Waals surface area contributed by atoms with Gasteiger partial charge in [0.15, 0.2) is 16.9 Å². The van der Waals surface area contributed by atoms with Crippen molar-refractivity contribution in [3.05, 3.63) is 129 Å². The van der Waals surface area contributed by atoms with E-state index in [0.717, 1.165) is 34.3 Å². The number of hydrogen-bond acceptors (Lipinski definition) is 11. The van der Waals surface area contributed by atoms with Gasteiger partial charge < -0.3 is 37.2 Å². The molecule has 0 fully saturated rings. The molecule has 0 bridgehead atoms. The molecule has 0 aliphatic carbocycles. The summed E-state index contributed by atoms with van der Waals surface area (Å²) in [5, 5.41) is 27.4. The molecule has 264 valence electrons. The molecule has 3 amide bonds. The third-order valence-electron chi connectivity index (χ3n) is 7.38. The van der Waals surface area contributed by atoms with Crippen LogP contribution in [0.1, 0.15) is 22.4 Å². The number of rotatable bonds is 14. The van der Waals surface area contributed by atoms with Crippen molar-refractivity contribution in [2.75, 3.05) is 41.9 Å². The molecule has 0 unspecified atom stereocenters. The van der Waals surface area contributed by atoms with E-state index in [4.69, 9.17) is 10.7 Å². The lowest BCUT2D eigenvalue weighted by Crippen LogP contribution is -2.47. The van der Waals surface area contributed by atoms with E-state index >= 15 is 0 Å². The molecule has 0 spiro atoms. The summed E-state index contributed by atoms with van der Waals surface area (Å²) < 4.78 is 0. The zero-order valence-electron chi connectivity index (χ0n) is 27.8. The molecule has 1 aliphatic rings. The molecule has 15 nitrogen and oxygen atoms in total. The maximum absolute atomic E-state index is 13.5. The fraction of sp³-hybridized carbons (Fsp3) is 0.206. The van der Waals surface area contributed by atoms with Crippen LogP contribution in [0, 0.1) is 10.1 Å². The number of aliphatic imine (C=N–C) groups is 2. The van der Waals surface area contributed by atoms with Crippen LogP contribution in [0.15, 0.2) is 106 Å². The Morgan fingerprint density at radius 2 is 1.90 bits per heavy atom. The van der Waals surface area contributed by atoms with E-state index in [9.17, 15) is 19.7 Å². The summed E-state index contributed by atoms with van der Waals surface area (Å²) in [7, 11) is 3.28. The van der Waals surface area contributed by atoms with Crippen LogP contribution in [0.3, 0.4) is 0 Å². The summed E-state index contributed by atoms with van der Waals surface area (Å²) >= 11 is 3.04. The summed E-state index contributed by atoms with van der Waals surface area (Å²) in [6, 6.07) is 23.6. The van der Waals surface area contributed by atoms with Crippen LogP contribution < -0.4 is 37.2 Å². The number of likely N-dealkylation sites (N-methyl/N-ethyl adjacent to an activating group) is 1. The van der Waals surface area contributed by atoms with Crippen LogP contribution in [-0.2, 0) is 17.1 Å². The number of guanidine groups is 1. The molecule has 4 aromatic rings. The molecular weight excluding hydrogens is 691 g/mol. The minimum Gasteiger partial charge on any atom is -0.370 e. The third kappa shape index (κ3) is 10.3. The molecule has 2 heterocycles. The SMILES string of the molecule is CN/C(=C\[N+](=O)[O-])NCCSCc1csc(NC(N)=NCc2cccc(NC(=O)N[C@@H]3N=C(c4ccccc4)c4ccccc4N(C)C3=O)c2)n1. The number of nitrogens with two attached hydrogens (primary N) is 1. The number of anilines is 3. The average Bonchev–Trinajstić information content (AvgIpc) is 3.54. The summed E-state index contributed by atoms with van der Waals surface area (Å²) in [6.07, 6.45) is -0.268.